The number of nitrogens with zero attached hydrogens (tertiary/aromatic N) is 2. The van der Waals surface area contributed by atoms with Crippen molar-refractivity contribution in [2.45, 2.75) is 17.4 Å². The van der Waals surface area contributed by atoms with E-state index in [2.05, 4.69) is 20.5 Å². The van der Waals surface area contributed by atoms with Gasteiger partial charge >= 0.3 is 0 Å². The number of hydrogen-bond donors (Lipinski definition) is 2. The summed E-state index contributed by atoms with van der Waals surface area (Å²) in [4.78, 5) is 27.5. The maximum Gasteiger partial charge on any atom is 0.277 e. The Morgan fingerprint density at radius 2 is 2.07 bits per heavy atom. The lowest BCUT2D eigenvalue weighted by Crippen LogP contribution is -2.25. The minimum atomic E-state index is -0.459. The van der Waals surface area contributed by atoms with Crippen LogP contribution >= 0.6 is 11.8 Å². The molecular formula is C21H16N4O4S. The van der Waals surface area contributed by atoms with Gasteiger partial charge in [-0.25, -0.2) is 0 Å². The lowest BCUT2D eigenvalue weighted by molar-refractivity contribution is -0.118. The molecule has 8 nitrogen and oxygen atoms in total. The topological polar surface area (TPSA) is 110 Å². The Hall–Kier alpha value is -3.59. The zero-order valence-electron chi connectivity index (χ0n) is 15.8. The third-order valence-electron chi connectivity index (χ3n) is 4.77. The van der Waals surface area contributed by atoms with Crippen LogP contribution < -0.4 is 10.1 Å². The number of hydrogen-bond acceptors (Lipinski definition) is 7. The zero-order chi connectivity index (χ0) is 20.7. The second-order valence-corrected chi connectivity index (χ2v) is 8.09. The molecule has 9 heteroatoms. The van der Waals surface area contributed by atoms with Crippen LogP contribution in [0, 0.1) is 0 Å². The van der Waals surface area contributed by atoms with E-state index >= 15 is 0 Å². The van der Waals surface area contributed by atoms with Gasteiger partial charge in [-0.05, 0) is 31.2 Å². The first kappa shape index (κ1) is 18.4. The number of benzene rings is 2. The summed E-state index contributed by atoms with van der Waals surface area (Å²) in [6.45, 7) is 1.75. The van der Waals surface area contributed by atoms with Crippen molar-refractivity contribution < 1.29 is 18.7 Å². The molecule has 1 amide bonds. The van der Waals surface area contributed by atoms with E-state index in [9.17, 15) is 9.59 Å². The number of carbonyl (C=O) groups excluding carboxylic acids is 2. The van der Waals surface area contributed by atoms with Gasteiger partial charge in [-0.15, -0.1) is 10.2 Å². The maximum atomic E-state index is 12.9. The summed E-state index contributed by atoms with van der Waals surface area (Å²) in [5, 5.41) is 11.8. The Bertz CT molecular complexity index is 1280. The Balaban J connectivity index is 1.33. The molecule has 2 aromatic heterocycles. The van der Waals surface area contributed by atoms with E-state index in [-0.39, 0.29) is 18.3 Å². The molecule has 0 saturated carbocycles. The molecule has 1 aliphatic rings. The molecule has 0 saturated heterocycles. The summed E-state index contributed by atoms with van der Waals surface area (Å²) in [5.41, 5.74) is 2.76. The van der Waals surface area contributed by atoms with Crippen molar-refractivity contribution in [3.05, 3.63) is 54.2 Å². The van der Waals surface area contributed by atoms with Crippen LogP contribution in [-0.4, -0.2) is 38.7 Å². The maximum absolute atomic E-state index is 12.9. The number of para-hydroxylation sites is 1. The van der Waals surface area contributed by atoms with Gasteiger partial charge in [0.2, 0.25) is 0 Å². The van der Waals surface area contributed by atoms with Crippen LogP contribution in [0.1, 0.15) is 17.3 Å². The number of ketones is 1. The Morgan fingerprint density at radius 3 is 2.97 bits per heavy atom. The van der Waals surface area contributed by atoms with Gasteiger partial charge in [-0.1, -0.05) is 30.0 Å². The number of Topliss-reactive ketones (excluding diaryl/α,β-unsaturated/α-hetero) is 1. The molecule has 2 N–H and O–H groups in total. The quantitative estimate of drug-likeness (QED) is 0.372. The Kier molecular flexibility index (Phi) is 4.51. The summed E-state index contributed by atoms with van der Waals surface area (Å²) >= 11 is 1.19. The highest BCUT2D eigenvalue weighted by Crippen LogP contribution is 2.33. The van der Waals surface area contributed by atoms with Crippen LogP contribution in [0.2, 0.25) is 0 Å². The fraction of sp³-hybridized carbons (Fsp3) is 0.143. The van der Waals surface area contributed by atoms with Gasteiger partial charge in [0.25, 0.3) is 17.0 Å². The minimum Gasteiger partial charge on any atom is -0.482 e. The molecule has 0 bridgehead atoms. The van der Waals surface area contributed by atoms with Crippen LogP contribution in [0.4, 0.5) is 5.69 Å². The number of H-pyrrole nitrogens is 1. The van der Waals surface area contributed by atoms with Crippen molar-refractivity contribution >= 4 is 40.0 Å². The number of aromatic nitrogens is 3. The predicted molar refractivity (Wildman–Crippen MR) is 112 cm³/mol. The summed E-state index contributed by atoms with van der Waals surface area (Å²) in [6, 6.07) is 12.8. The van der Waals surface area contributed by atoms with Crippen molar-refractivity contribution in [2.75, 3.05) is 11.9 Å². The van der Waals surface area contributed by atoms with Gasteiger partial charge in [0.1, 0.15) is 5.75 Å². The Labute approximate surface area is 175 Å². The summed E-state index contributed by atoms with van der Waals surface area (Å²) in [5.74, 6) is 0.578. The predicted octanol–water partition coefficient (Wildman–Crippen LogP) is 3.91. The monoisotopic (exact) mass is 420 g/mol. The van der Waals surface area contributed by atoms with Crippen molar-refractivity contribution in [1.82, 2.24) is 15.2 Å². The van der Waals surface area contributed by atoms with Gasteiger partial charge in [-0.3, -0.25) is 9.59 Å². The van der Waals surface area contributed by atoms with Crippen LogP contribution in [0.3, 0.4) is 0 Å². The molecule has 0 radical (unpaired) electrons. The lowest BCUT2D eigenvalue weighted by Gasteiger charge is -2.18. The standard InChI is InChI=1S/C21H16N4O4S/c1-11(19(27)12-6-7-17-16(8-12)23-18(26)10-28-17)30-21-25-24-20(29-21)14-9-22-15-5-3-2-4-13(14)15/h2-9,11,22H,10H2,1H3,(H,23,26). The third kappa shape index (κ3) is 3.33. The highest BCUT2D eigenvalue weighted by atomic mass is 32.2. The normalized spacial score (nSPS) is 14.1. The second-order valence-electron chi connectivity index (χ2n) is 6.79. The van der Waals surface area contributed by atoms with Gasteiger partial charge in [0.15, 0.2) is 12.4 Å². The number of anilines is 1. The van der Waals surface area contributed by atoms with Crippen LogP contribution in [0.15, 0.2) is 58.3 Å². The van der Waals surface area contributed by atoms with E-state index in [0.29, 0.717) is 28.1 Å². The SMILES string of the molecule is CC(Sc1nnc(-c2c[nH]c3ccccc23)o1)C(=O)c1ccc2c(c1)NC(=O)CO2. The highest BCUT2D eigenvalue weighted by molar-refractivity contribution is 8.00. The molecule has 1 atom stereocenters. The second kappa shape index (κ2) is 7.34. The van der Waals surface area contributed by atoms with Crippen LogP contribution in [0.25, 0.3) is 22.4 Å². The number of carbonyl (C=O) groups is 2. The van der Waals surface area contributed by atoms with E-state index in [0.717, 1.165) is 16.5 Å². The average Bonchev–Trinajstić information content (AvgIpc) is 3.39. The molecule has 0 fully saturated rings. The molecule has 1 unspecified atom stereocenters. The van der Waals surface area contributed by atoms with Gasteiger partial charge in [0, 0.05) is 22.7 Å². The average molecular weight is 420 g/mol. The minimum absolute atomic E-state index is 0.0253. The highest BCUT2D eigenvalue weighted by Gasteiger charge is 2.23. The zero-order valence-corrected chi connectivity index (χ0v) is 16.7. The summed E-state index contributed by atoms with van der Waals surface area (Å²) in [7, 11) is 0. The number of amides is 1. The first-order valence-electron chi connectivity index (χ1n) is 9.26. The molecule has 3 heterocycles. The van der Waals surface area contributed by atoms with Crippen molar-refractivity contribution in [2.24, 2.45) is 0 Å². The molecular weight excluding hydrogens is 404 g/mol. The molecule has 2 aromatic carbocycles. The number of thioether (sulfide) groups is 1. The summed E-state index contributed by atoms with van der Waals surface area (Å²) < 4.78 is 11.1. The number of aromatic amines is 1. The fourth-order valence-corrected chi connectivity index (χ4v) is 4.05. The molecule has 150 valence electrons. The number of ether oxygens (including phenoxy) is 1. The molecule has 0 spiro atoms. The largest absolute Gasteiger partial charge is 0.482 e. The van der Waals surface area contributed by atoms with E-state index < -0.39 is 5.25 Å². The number of rotatable bonds is 5. The van der Waals surface area contributed by atoms with Crippen molar-refractivity contribution in [3.8, 4) is 17.2 Å². The van der Waals surface area contributed by atoms with E-state index in [1.807, 2.05) is 30.5 Å². The number of fused-ring (bicyclic) bond motifs is 2. The van der Waals surface area contributed by atoms with Crippen molar-refractivity contribution in [3.63, 3.8) is 0 Å². The van der Waals surface area contributed by atoms with Crippen LogP contribution in [-0.2, 0) is 4.79 Å². The molecule has 30 heavy (non-hydrogen) atoms. The lowest BCUT2D eigenvalue weighted by atomic mass is 10.1. The van der Waals surface area contributed by atoms with E-state index in [4.69, 9.17) is 9.15 Å². The van der Waals surface area contributed by atoms with Gasteiger partial charge < -0.3 is 19.5 Å². The van der Waals surface area contributed by atoms with E-state index in [1.54, 1.807) is 25.1 Å². The van der Waals surface area contributed by atoms with Gasteiger partial charge in [0.05, 0.1) is 16.5 Å². The summed E-state index contributed by atoms with van der Waals surface area (Å²) in [6.07, 6.45) is 1.82. The third-order valence-corrected chi connectivity index (χ3v) is 5.70. The number of nitrogens with one attached hydrogen (secondary N) is 2. The van der Waals surface area contributed by atoms with Crippen LogP contribution in [0.5, 0.6) is 5.75 Å². The Morgan fingerprint density at radius 1 is 1.20 bits per heavy atom. The molecule has 5 rings (SSSR count). The van der Waals surface area contributed by atoms with E-state index in [1.165, 1.54) is 11.8 Å². The van der Waals surface area contributed by atoms with Gasteiger partial charge in [-0.2, -0.15) is 0 Å². The molecule has 4 aromatic rings. The molecule has 1 aliphatic heterocycles. The smallest absolute Gasteiger partial charge is 0.277 e. The van der Waals surface area contributed by atoms with Crippen molar-refractivity contribution in [1.29, 1.82) is 0 Å². The first-order valence-corrected chi connectivity index (χ1v) is 10.1. The fourth-order valence-electron chi connectivity index (χ4n) is 3.29. The molecule has 0 aliphatic carbocycles. The first-order chi connectivity index (χ1) is 14.6.